The first-order valence-electron chi connectivity index (χ1n) is 3.38. The molecule has 0 saturated carbocycles. The lowest BCUT2D eigenvalue weighted by Crippen LogP contribution is -2.32. The summed E-state index contributed by atoms with van der Waals surface area (Å²) in [4.78, 5) is 4.10. The maximum absolute atomic E-state index is 5.72. The molecule has 0 aromatic carbocycles. The number of hydrogen-bond donors (Lipinski definition) is 1. The molecule has 4 heteroatoms. The summed E-state index contributed by atoms with van der Waals surface area (Å²) in [5.41, 5.74) is -0.0700. The Balaban J connectivity index is 2.56. The van der Waals surface area contributed by atoms with Crippen LogP contribution in [0, 0.1) is 0 Å². The molecule has 0 fully saturated rings. The largest absolute Gasteiger partial charge is 0.355 e. The average molecular weight is 191 g/mol. The van der Waals surface area contributed by atoms with Gasteiger partial charge in [-0.3, -0.25) is 0 Å². The SMILES string of the molecule is CC(C)(CCl)Nc1nccs1. The van der Waals surface area contributed by atoms with Gasteiger partial charge in [0.15, 0.2) is 5.13 Å². The van der Waals surface area contributed by atoms with Crippen LogP contribution in [0.3, 0.4) is 0 Å². The molecule has 0 radical (unpaired) electrons. The quantitative estimate of drug-likeness (QED) is 0.742. The molecular formula is C7H11ClN2S. The molecule has 1 N–H and O–H groups in total. The third-order valence-electron chi connectivity index (χ3n) is 1.21. The zero-order chi connectivity index (χ0) is 8.32. The number of hydrogen-bond acceptors (Lipinski definition) is 3. The van der Waals surface area contributed by atoms with Gasteiger partial charge in [-0.15, -0.1) is 22.9 Å². The second-order valence-corrected chi connectivity index (χ2v) is 4.14. The van der Waals surface area contributed by atoms with Crippen LogP contribution in [0.5, 0.6) is 0 Å². The van der Waals surface area contributed by atoms with Crippen molar-refractivity contribution < 1.29 is 0 Å². The predicted octanol–water partition coefficient (Wildman–Crippen LogP) is 2.57. The first-order chi connectivity index (χ1) is 5.14. The summed E-state index contributed by atoms with van der Waals surface area (Å²) in [6.07, 6.45) is 1.78. The average Bonchev–Trinajstić information content (AvgIpc) is 2.39. The summed E-state index contributed by atoms with van der Waals surface area (Å²) in [5, 5.41) is 6.09. The third-order valence-corrected chi connectivity index (χ3v) is 2.57. The minimum atomic E-state index is -0.0700. The minimum Gasteiger partial charge on any atom is -0.355 e. The van der Waals surface area contributed by atoms with Gasteiger partial charge in [-0.25, -0.2) is 4.98 Å². The Morgan fingerprint density at radius 3 is 2.91 bits per heavy atom. The number of alkyl halides is 1. The second kappa shape index (κ2) is 3.41. The summed E-state index contributed by atoms with van der Waals surface area (Å²) in [6.45, 7) is 4.09. The highest BCUT2D eigenvalue weighted by molar-refractivity contribution is 7.13. The zero-order valence-electron chi connectivity index (χ0n) is 6.60. The van der Waals surface area contributed by atoms with E-state index in [0.29, 0.717) is 5.88 Å². The fraction of sp³-hybridized carbons (Fsp3) is 0.571. The Bertz CT molecular complexity index is 208. The van der Waals surface area contributed by atoms with E-state index in [0.717, 1.165) is 5.13 Å². The molecule has 11 heavy (non-hydrogen) atoms. The Hall–Kier alpha value is -0.280. The van der Waals surface area contributed by atoms with Crippen molar-refractivity contribution in [3.05, 3.63) is 11.6 Å². The van der Waals surface area contributed by atoms with E-state index in [2.05, 4.69) is 10.3 Å². The zero-order valence-corrected chi connectivity index (χ0v) is 8.17. The summed E-state index contributed by atoms with van der Waals surface area (Å²) in [6, 6.07) is 0. The van der Waals surface area contributed by atoms with Gasteiger partial charge in [-0.05, 0) is 13.8 Å². The molecule has 1 aromatic rings. The standard InChI is InChI=1S/C7H11ClN2S/c1-7(2,5-8)10-6-9-3-4-11-6/h3-4H,5H2,1-2H3,(H,9,10). The van der Waals surface area contributed by atoms with E-state index < -0.39 is 0 Å². The van der Waals surface area contributed by atoms with Crippen LogP contribution in [0.2, 0.25) is 0 Å². The van der Waals surface area contributed by atoms with Crippen LogP contribution >= 0.6 is 22.9 Å². The van der Waals surface area contributed by atoms with Gasteiger partial charge in [0.05, 0.1) is 0 Å². The number of nitrogens with zero attached hydrogens (tertiary/aromatic N) is 1. The molecule has 0 aliphatic rings. The van der Waals surface area contributed by atoms with Gasteiger partial charge in [0.2, 0.25) is 0 Å². The van der Waals surface area contributed by atoms with Crippen molar-refractivity contribution in [2.45, 2.75) is 19.4 Å². The Morgan fingerprint density at radius 1 is 1.73 bits per heavy atom. The molecule has 0 aliphatic heterocycles. The summed E-state index contributed by atoms with van der Waals surface area (Å²) >= 11 is 7.31. The summed E-state index contributed by atoms with van der Waals surface area (Å²) < 4.78 is 0. The van der Waals surface area contributed by atoms with E-state index in [1.807, 2.05) is 19.2 Å². The van der Waals surface area contributed by atoms with Crippen molar-refractivity contribution >= 4 is 28.1 Å². The fourth-order valence-corrected chi connectivity index (χ4v) is 1.38. The van der Waals surface area contributed by atoms with Crippen LogP contribution in [0.1, 0.15) is 13.8 Å². The first-order valence-corrected chi connectivity index (χ1v) is 4.79. The smallest absolute Gasteiger partial charge is 0.183 e. The highest BCUT2D eigenvalue weighted by atomic mass is 35.5. The molecule has 1 aromatic heterocycles. The molecule has 0 amide bonds. The minimum absolute atomic E-state index is 0.0700. The molecule has 62 valence electrons. The lowest BCUT2D eigenvalue weighted by Gasteiger charge is -2.22. The molecule has 0 atom stereocenters. The normalized spacial score (nSPS) is 11.5. The van der Waals surface area contributed by atoms with Gasteiger partial charge >= 0.3 is 0 Å². The van der Waals surface area contributed by atoms with Crippen molar-refractivity contribution in [1.82, 2.24) is 4.98 Å². The van der Waals surface area contributed by atoms with Gasteiger partial charge in [-0.1, -0.05) is 0 Å². The van der Waals surface area contributed by atoms with Gasteiger partial charge in [0.25, 0.3) is 0 Å². The van der Waals surface area contributed by atoms with Crippen molar-refractivity contribution in [3.63, 3.8) is 0 Å². The van der Waals surface area contributed by atoms with Crippen molar-refractivity contribution in [3.8, 4) is 0 Å². The molecule has 1 rings (SSSR count). The molecule has 1 heterocycles. The highest BCUT2D eigenvalue weighted by Crippen LogP contribution is 2.17. The van der Waals surface area contributed by atoms with Crippen LogP contribution < -0.4 is 5.32 Å². The Kier molecular flexibility index (Phi) is 2.73. The van der Waals surface area contributed by atoms with Crippen LogP contribution in [0.4, 0.5) is 5.13 Å². The van der Waals surface area contributed by atoms with Crippen LogP contribution in [0.25, 0.3) is 0 Å². The summed E-state index contributed by atoms with van der Waals surface area (Å²) in [5.74, 6) is 0.576. The number of halogens is 1. The van der Waals surface area contributed by atoms with Crippen LogP contribution in [-0.4, -0.2) is 16.4 Å². The maximum atomic E-state index is 5.72. The Morgan fingerprint density at radius 2 is 2.45 bits per heavy atom. The second-order valence-electron chi connectivity index (χ2n) is 2.98. The van der Waals surface area contributed by atoms with Gasteiger partial charge in [0, 0.05) is 23.0 Å². The molecule has 2 nitrogen and oxygen atoms in total. The van der Waals surface area contributed by atoms with Crippen molar-refractivity contribution in [2.24, 2.45) is 0 Å². The first kappa shape index (κ1) is 8.81. The fourth-order valence-electron chi connectivity index (χ4n) is 0.608. The van der Waals surface area contributed by atoms with Gasteiger partial charge < -0.3 is 5.32 Å². The van der Waals surface area contributed by atoms with E-state index in [9.17, 15) is 0 Å². The van der Waals surface area contributed by atoms with E-state index in [1.165, 1.54) is 0 Å². The van der Waals surface area contributed by atoms with E-state index >= 15 is 0 Å². The number of anilines is 1. The number of nitrogens with one attached hydrogen (secondary N) is 1. The van der Waals surface area contributed by atoms with E-state index in [1.54, 1.807) is 17.5 Å². The van der Waals surface area contributed by atoms with E-state index in [-0.39, 0.29) is 5.54 Å². The third kappa shape index (κ3) is 2.67. The summed E-state index contributed by atoms with van der Waals surface area (Å²) in [7, 11) is 0. The molecule has 0 bridgehead atoms. The molecular weight excluding hydrogens is 180 g/mol. The number of rotatable bonds is 3. The van der Waals surface area contributed by atoms with Gasteiger partial charge in [-0.2, -0.15) is 0 Å². The molecule has 0 spiro atoms. The molecule has 0 aliphatic carbocycles. The van der Waals surface area contributed by atoms with Crippen LogP contribution in [-0.2, 0) is 0 Å². The predicted molar refractivity (Wildman–Crippen MR) is 50.5 cm³/mol. The van der Waals surface area contributed by atoms with Crippen molar-refractivity contribution in [1.29, 1.82) is 0 Å². The number of thiazole rings is 1. The highest BCUT2D eigenvalue weighted by Gasteiger charge is 2.16. The Labute approximate surface area is 75.6 Å². The van der Waals surface area contributed by atoms with Crippen molar-refractivity contribution in [2.75, 3.05) is 11.2 Å². The number of aromatic nitrogens is 1. The van der Waals surface area contributed by atoms with Gasteiger partial charge in [0.1, 0.15) is 0 Å². The topological polar surface area (TPSA) is 24.9 Å². The van der Waals surface area contributed by atoms with E-state index in [4.69, 9.17) is 11.6 Å². The maximum Gasteiger partial charge on any atom is 0.183 e. The lowest BCUT2D eigenvalue weighted by molar-refractivity contribution is 0.641. The molecule has 0 saturated heterocycles. The molecule has 0 unspecified atom stereocenters. The van der Waals surface area contributed by atoms with Crippen LogP contribution in [0.15, 0.2) is 11.6 Å². The monoisotopic (exact) mass is 190 g/mol. The lowest BCUT2D eigenvalue weighted by atomic mass is 10.1.